The van der Waals surface area contributed by atoms with E-state index in [9.17, 15) is 18.4 Å². The third-order valence-electron chi connectivity index (χ3n) is 4.57. The van der Waals surface area contributed by atoms with Gasteiger partial charge >= 0.3 is 0 Å². The fourth-order valence-electron chi connectivity index (χ4n) is 2.80. The van der Waals surface area contributed by atoms with E-state index in [0.717, 1.165) is 17.6 Å². The van der Waals surface area contributed by atoms with Crippen LogP contribution in [0.2, 0.25) is 0 Å². The molecule has 2 aromatic carbocycles. The molecule has 0 aliphatic heterocycles. The molecule has 7 nitrogen and oxygen atoms in total. The summed E-state index contributed by atoms with van der Waals surface area (Å²) in [6.07, 6.45) is 1.54. The highest BCUT2D eigenvalue weighted by Crippen LogP contribution is 2.22. The van der Waals surface area contributed by atoms with Gasteiger partial charge in [0.05, 0.1) is 11.3 Å². The van der Waals surface area contributed by atoms with Crippen LogP contribution in [0.4, 0.5) is 20.3 Å². The van der Waals surface area contributed by atoms with Crippen LogP contribution >= 0.6 is 0 Å². The average molecular weight is 435 g/mol. The number of carbonyl (C=O) groups is 2. The van der Waals surface area contributed by atoms with Crippen LogP contribution in [0.15, 0.2) is 54.7 Å². The highest BCUT2D eigenvalue weighted by Gasteiger charge is 2.19. The van der Waals surface area contributed by atoms with Crippen molar-refractivity contribution in [3.63, 3.8) is 0 Å². The monoisotopic (exact) mass is 435 g/mol. The first-order valence-electron chi connectivity index (χ1n) is 9.56. The van der Waals surface area contributed by atoms with E-state index >= 15 is 0 Å². The lowest BCUT2D eigenvalue weighted by atomic mass is 9.99. The highest BCUT2D eigenvalue weighted by molar-refractivity contribution is 6.32. The van der Waals surface area contributed by atoms with E-state index in [1.165, 1.54) is 12.1 Å². The largest absolute Gasteiger partial charge is 0.363 e. The van der Waals surface area contributed by atoms with Crippen LogP contribution < -0.4 is 16.1 Å². The highest BCUT2D eigenvalue weighted by atomic mass is 19.2. The fraction of sp³-hybridized carbons (Fsp3) is 0.0909. The average Bonchev–Trinajstić information content (AvgIpc) is 2.77. The molecule has 10 heteroatoms. The van der Waals surface area contributed by atoms with Gasteiger partial charge in [-0.1, -0.05) is 23.7 Å². The molecule has 3 aromatic rings. The molecule has 0 aliphatic rings. The van der Waals surface area contributed by atoms with Gasteiger partial charge < -0.3 is 15.5 Å². The first kappa shape index (κ1) is 22.6. The van der Waals surface area contributed by atoms with Gasteiger partial charge in [0.2, 0.25) is 0 Å². The number of hydrogen-bond donors (Lipinski definition) is 3. The summed E-state index contributed by atoms with van der Waals surface area (Å²) in [5.74, 6) is -3.33. The quantitative estimate of drug-likeness (QED) is 0.325. The van der Waals surface area contributed by atoms with Gasteiger partial charge in [0.15, 0.2) is 11.6 Å². The summed E-state index contributed by atoms with van der Waals surface area (Å²) >= 11 is 0. The van der Waals surface area contributed by atoms with Gasteiger partial charge in [-0.15, -0.1) is 0 Å². The Morgan fingerprint density at radius 1 is 0.938 bits per heavy atom. The molecule has 0 unspecified atom stereocenters. The minimum Gasteiger partial charge on any atom is -0.363 e. The van der Waals surface area contributed by atoms with Gasteiger partial charge in [0.1, 0.15) is 19.5 Å². The van der Waals surface area contributed by atoms with E-state index in [4.69, 9.17) is 5.41 Å². The number of pyridine rings is 1. The number of benzene rings is 2. The molecule has 2 amide bonds. The Labute approximate surface area is 184 Å². The molecule has 3 N–H and O–H groups in total. The Morgan fingerprint density at radius 3 is 2.16 bits per heavy atom. The molecule has 3 rings (SSSR count). The summed E-state index contributed by atoms with van der Waals surface area (Å²) in [6.45, 7) is 0. The molecule has 1 aromatic heterocycles. The number of amides is 2. The lowest BCUT2D eigenvalue weighted by molar-refractivity contribution is 0.102. The standard InChI is InChI=1S/C22H20BF2N5O2/c1-30(2)20(26)12-3-5-13(6-4-12)21(31)28-18-10-17(25)16(24)9-15(18)22(32)29-19-8-7-14(23)11-27-19/h3-11,26H,23H2,1-2H3,(H,28,31)(H,27,29,32). The van der Waals surface area contributed by atoms with Crippen molar-refractivity contribution in [3.8, 4) is 0 Å². The molecule has 1 heterocycles. The van der Waals surface area contributed by atoms with Gasteiger partial charge in [-0.25, -0.2) is 13.8 Å². The predicted molar refractivity (Wildman–Crippen MR) is 122 cm³/mol. The number of amidine groups is 1. The van der Waals surface area contributed by atoms with E-state index in [0.29, 0.717) is 5.56 Å². The van der Waals surface area contributed by atoms with Crippen LogP contribution in [-0.2, 0) is 0 Å². The molecule has 0 atom stereocenters. The zero-order valence-electron chi connectivity index (χ0n) is 17.7. The first-order valence-corrected chi connectivity index (χ1v) is 9.56. The molecule has 0 spiro atoms. The summed E-state index contributed by atoms with van der Waals surface area (Å²) in [5.41, 5.74) is 1.26. The van der Waals surface area contributed by atoms with E-state index in [-0.39, 0.29) is 28.5 Å². The first-order chi connectivity index (χ1) is 15.2. The topological polar surface area (TPSA) is 98.2 Å². The van der Waals surface area contributed by atoms with Gasteiger partial charge in [-0.3, -0.25) is 15.0 Å². The summed E-state index contributed by atoms with van der Waals surface area (Å²) < 4.78 is 27.7. The number of halogens is 2. The van der Waals surface area contributed by atoms with Crippen LogP contribution in [0.5, 0.6) is 0 Å². The Hall–Kier alpha value is -4.08. The number of aromatic nitrogens is 1. The summed E-state index contributed by atoms with van der Waals surface area (Å²) in [4.78, 5) is 31.0. The second kappa shape index (κ2) is 9.38. The normalized spacial score (nSPS) is 10.4. The lowest BCUT2D eigenvalue weighted by Crippen LogP contribution is -2.22. The van der Waals surface area contributed by atoms with Crippen molar-refractivity contribution in [1.82, 2.24) is 9.88 Å². The molecular weight excluding hydrogens is 415 g/mol. The molecule has 0 saturated heterocycles. The Kier molecular flexibility index (Phi) is 6.63. The lowest BCUT2D eigenvalue weighted by Gasteiger charge is -2.14. The summed E-state index contributed by atoms with van der Waals surface area (Å²) in [5, 5.41) is 12.9. The number of hydrogen-bond acceptors (Lipinski definition) is 4. The maximum atomic E-state index is 13.9. The second-order valence-electron chi connectivity index (χ2n) is 7.26. The van der Waals surface area contributed by atoms with Gasteiger partial charge in [-0.2, -0.15) is 0 Å². The van der Waals surface area contributed by atoms with Crippen molar-refractivity contribution in [1.29, 1.82) is 5.41 Å². The smallest absolute Gasteiger partial charge is 0.259 e. The molecule has 0 bridgehead atoms. The SMILES string of the molecule is Bc1ccc(NC(=O)c2cc(F)c(F)cc2NC(=O)c2ccc(C(=N)N(C)C)cc2)nc1. The number of carbonyl (C=O) groups excluding carboxylic acids is 2. The number of anilines is 2. The maximum Gasteiger partial charge on any atom is 0.259 e. The number of nitrogens with one attached hydrogen (secondary N) is 3. The number of nitrogens with zero attached hydrogens (tertiary/aromatic N) is 2. The van der Waals surface area contributed by atoms with Crippen molar-refractivity contribution in [2.75, 3.05) is 24.7 Å². The maximum absolute atomic E-state index is 13.9. The molecule has 32 heavy (non-hydrogen) atoms. The Morgan fingerprint density at radius 2 is 1.56 bits per heavy atom. The molecule has 0 radical (unpaired) electrons. The van der Waals surface area contributed by atoms with Crippen molar-refractivity contribution in [2.45, 2.75) is 0 Å². The van der Waals surface area contributed by atoms with Crippen molar-refractivity contribution < 1.29 is 18.4 Å². The van der Waals surface area contributed by atoms with Crippen molar-refractivity contribution in [2.24, 2.45) is 0 Å². The molecule has 162 valence electrons. The molecule has 0 fully saturated rings. The van der Waals surface area contributed by atoms with E-state index in [1.54, 1.807) is 49.5 Å². The summed E-state index contributed by atoms with van der Waals surface area (Å²) in [7, 11) is 5.28. The van der Waals surface area contributed by atoms with E-state index < -0.39 is 23.4 Å². The molecular formula is C22H20BF2N5O2. The zero-order valence-corrected chi connectivity index (χ0v) is 17.7. The zero-order chi connectivity index (χ0) is 23.4. The second-order valence-corrected chi connectivity index (χ2v) is 7.26. The third-order valence-corrected chi connectivity index (χ3v) is 4.57. The van der Waals surface area contributed by atoms with Crippen LogP contribution in [0.1, 0.15) is 26.3 Å². The molecule has 0 saturated carbocycles. The van der Waals surface area contributed by atoms with Crippen LogP contribution in [0.3, 0.4) is 0 Å². The Balaban J connectivity index is 1.84. The van der Waals surface area contributed by atoms with Crippen molar-refractivity contribution >= 4 is 42.5 Å². The van der Waals surface area contributed by atoms with Crippen LogP contribution in [0, 0.1) is 17.0 Å². The van der Waals surface area contributed by atoms with Gasteiger partial charge in [0.25, 0.3) is 11.8 Å². The fourth-order valence-corrected chi connectivity index (χ4v) is 2.80. The molecule has 0 aliphatic carbocycles. The Bertz CT molecular complexity index is 1180. The minimum atomic E-state index is -1.23. The minimum absolute atomic E-state index is 0.191. The number of rotatable bonds is 5. The van der Waals surface area contributed by atoms with Crippen LogP contribution in [-0.4, -0.2) is 49.5 Å². The third kappa shape index (κ3) is 5.15. The van der Waals surface area contributed by atoms with E-state index in [1.807, 2.05) is 7.85 Å². The van der Waals surface area contributed by atoms with Crippen molar-refractivity contribution in [3.05, 3.63) is 83.1 Å². The predicted octanol–water partition coefficient (Wildman–Crippen LogP) is 2.01. The van der Waals surface area contributed by atoms with Gasteiger partial charge in [0, 0.05) is 37.5 Å². The summed E-state index contributed by atoms with van der Waals surface area (Å²) in [6, 6.07) is 11.0. The van der Waals surface area contributed by atoms with Crippen LogP contribution in [0.25, 0.3) is 0 Å². The van der Waals surface area contributed by atoms with Gasteiger partial charge in [-0.05, 0) is 24.3 Å². The van der Waals surface area contributed by atoms with E-state index in [2.05, 4.69) is 15.6 Å².